The van der Waals surface area contributed by atoms with E-state index in [4.69, 9.17) is 9.78 Å². The Morgan fingerprint density at radius 2 is 1.95 bits per heavy atom. The van der Waals surface area contributed by atoms with Crippen molar-refractivity contribution in [3.63, 3.8) is 0 Å². The molecule has 2 heterocycles. The lowest BCUT2D eigenvalue weighted by molar-refractivity contribution is -0.0979. The summed E-state index contributed by atoms with van der Waals surface area (Å²) in [6, 6.07) is 6.44. The lowest BCUT2D eigenvalue weighted by Crippen LogP contribution is -2.16. The van der Waals surface area contributed by atoms with Crippen LogP contribution in [0.2, 0.25) is 0 Å². The Labute approximate surface area is 137 Å². The van der Waals surface area contributed by atoms with Crippen molar-refractivity contribution in [3.05, 3.63) is 27.7 Å². The van der Waals surface area contributed by atoms with E-state index in [1.54, 1.807) is 0 Å². The number of nitrogens with zero attached hydrogens (tertiary/aromatic N) is 2. The van der Waals surface area contributed by atoms with E-state index in [2.05, 4.69) is 46.1 Å². The van der Waals surface area contributed by atoms with Crippen molar-refractivity contribution >= 4 is 44.3 Å². The molecule has 0 amide bonds. The van der Waals surface area contributed by atoms with Crippen molar-refractivity contribution in [1.82, 2.24) is 9.88 Å². The van der Waals surface area contributed by atoms with Gasteiger partial charge in [-0.1, -0.05) is 15.9 Å². The average molecular weight is 367 g/mol. The normalized spacial score (nSPS) is 28.4. The van der Waals surface area contributed by atoms with Crippen LogP contribution in [0.15, 0.2) is 22.7 Å². The van der Waals surface area contributed by atoms with E-state index in [0.717, 1.165) is 21.8 Å². The number of carbonyl (C=O) groups excluding carboxylic acids is 1. The SMILES string of the molecule is C=O.CN1C[C@H]2C[C@H](c3nc4cc(Br)ccc4s3)C[C@H]2C1. The third-order valence-electron chi connectivity index (χ3n) is 4.65. The summed E-state index contributed by atoms with van der Waals surface area (Å²) < 4.78 is 2.45. The first-order valence-corrected chi connectivity index (χ1v) is 8.83. The van der Waals surface area contributed by atoms with Crippen LogP contribution in [-0.2, 0) is 4.79 Å². The molecule has 0 N–H and O–H groups in total. The maximum absolute atomic E-state index is 8.00. The van der Waals surface area contributed by atoms with Gasteiger partial charge < -0.3 is 9.69 Å². The summed E-state index contributed by atoms with van der Waals surface area (Å²) in [5, 5.41) is 1.37. The highest BCUT2D eigenvalue weighted by Gasteiger charge is 2.41. The maximum atomic E-state index is 8.00. The molecule has 0 bridgehead atoms. The highest BCUT2D eigenvalue weighted by Crippen LogP contribution is 2.47. The standard InChI is InChI=1S/C15H17BrN2S.CH2O/c1-18-7-10-4-9(5-11(10)8-18)15-17-13-6-12(16)2-3-14(13)19-15;1-2/h2-3,6,9-11H,4-5,7-8H2,1H3;1H2/t9-,10+,11-;. The van der Waals surface area contributed by atoms with Crippen molar-refractivity contribution in [2.45, 2.75) is 18.8 Å². The number of carbonyl (C=O) groups is 1. The molecule has 0 spiro atoms. The number of fused-ring (bicyclic) bond motifs is 2. The van der Waals surface area contributed by atoms with Crippen LogP contribution in [0.5, 0.6) is 0 Å². The molecule has 0 radical (unpaired) electrons. The van der Waals surface area contributed by atoms with Gasteiger partial charge >= 0.3 is 0 Å². The Morgan fingerprint density at radius 1 is 1.29 bits per heavy atom. The molecule has 2 aliphatic rings. The fourth-order valence-corrected chi connectivity index (χ4v) is 5.25. The maximum Gasteiger partial charge on any atom is 0.106 e. The first kappa shape index (κ1) is 15.1. The van der Waals surface area contributed by atoms with Crippen molar-refractivity contribution in [2.24, 2.45) is 11.8 Å². The summed E-state index contributed by atoms with van der Waals surface area (Å²) >= 11 is 5.43. The molecule has 1 saturated carbocycles. The predicted octanol–water partition coefficient (Wildman–Crippen LogP) is 3.93. The number of benzene rings is 1. The molecule has 5 heteroatoms. The van der Waals surface area contributed by atoms with Crippen molar-refractivity contribution in [1.29, 1.82) is 0 Å². The molecule has 1 aromatic heterocycles. The zero-order valence-corrected chi connectivity index (χ0v) is 14.5. The number of rotatable bonds is 1. The average Bonchev–Trinajstić information content (AvgIpc) is 3.12. The van der Waals surface area contributed by atoms with Crippen molar-refractivity contribution in [3.8, 4) is 0 Å². The molecule has 1 aliphatic carbocycles. The van der Waals surface area contributed by atoms with Gasteiger partial charge in [0.2, 0.25) is 0 Å². The van der Waals surface area contributed by atoms with Gasteiger partial charge in [-0.3, -0.25) is 0 Å². The fourth-order valence-electron chi connectivity index (χ4n) is 3.83. The summed E-state index contributed by atoms with van der Waals surface area (Å²) in [4.78, 5) is 15.4. The van der Waals surface area contributed by atoms with Crippen LogP contribution in [0.3, 0.4) is 0 Å². The van der Waals surface area contributed by atoms with Gasteiger partial charge in [0.15, 0.2) is 0 Å². The van der Waals surface area contributed by atoms with Gasteiger partial charge in [0.05, 0.1) is 15.2 Å². The van der Waals surface area contributed by atoms with E-state index in [9.17, 15) is 0 Å². The molecule has 2 aromatic rings. The minimum atomic E-state index is 0.708. The Hall–Kier alpha value is -0.780. The minimum absolute atomic E-state index is 0.708. The molecule has 1 aromatic carbocycles. The molecular weight excluding hydrogens is 348 g/mol. The van der Waals surface area contributed by atoms with Crippen LogP contribution in [0.1, 0.15) is 23.8 Å². The topological polar surface area (TPSA) is 33.2 Å². The molecule has 2 fully saturated rings. The number of thiazole rings is 1. The first-order valence-electron chi connectivity index (χ1n) is 7.22. The summed E-state index contributed by atoms with van der Waals surface area (Å²) in [5.41, 5.74) is 1.16. The van der Waals surface area contributed by atoms with Gasteiger partial charge in [0.1, 0.15) is 6.79 Å². The zero-order chi connectivity index (χ0) is 15.0. The second kappa shape index (κ2) is 6.15. The molecule has 0 unspecified atom stereocenters. The summed E-state index contributed by atoms with van der Waals surface area (Å²) in [5.74, 6) is 2.53. The highest BCUT2D eigenvalue weighted by atomic mass is 79.9. The molecule has 3 nitrogen and oxygen atoms in total. The molecule has 21 heavy (non-hydrogen) atoms. The van der Waals surface area contributed by atoms with Crippen LogP contribution in [-0.4, -0.2) is 36.8 Å². The van der Waals surface area contributed by atoms with Crippen LogP contribution >= 0.6 is 27.3 Å². The number of likely N-dealkylation sites (tertiary alicyclic amines) is 1. The van der Waals surface area contributed by atoms with E-state index in [0.29, 0.717) is 5.92 Å². The lowest BCUT2D eigenvalue weighted by Gasteiger charge is -2.12. The monoisotopic (exact) mass is 366 g/mol. The smallest absolute Gasteiger partial charge is 0.106 e. The third-order valence-corrected chi connectivity index (χ3v) is 6.34. The zero-order valence-electron chi connectivity index (χ0n) is 12.1. The summed E-state index contributed by atoms with van der Waals surface area (Å²) in [6.45, 7) is 4.58. The van der Waals surface area contributed by atoms with Gasteiger partial charge in [0.25, 0.3) is 0 Å². The molecule has 4 rings (SSSR count). The van der Waals surface area contributed by atoms with Crippen molar-refractivity contribution in [2.75, 3.05) is 20.1 Å². The van der Waals surface area contributed by atoms with Crippen LogP contribution < -0.4 is 0 Å². The van der Waals surface area contributed by atoms with Gasteiger partial charge in [-0.25, -0.2) is 4.98 Å². The molecule has 1 saturated heterocycles. The number of hydrogen-bond donors (Lipinski definition) is 0. The second-order valence-electron chi connectivity index (χ2n) is 6.07. The quantitative estimate of drug-likeness (QED) is 0.766. The van der Waals surface area contributed by atoms with Gasteiger partial charge in [0, 0.05) is 23.5 Å². The van der Waals surface area contributed by atoms with E-state index in [1.807, 2.05) is 18.1 Å². The summed E-state index contributed by atoms with van der Waals surface area (Å²) in [6.07, 6.45) is 2.69. The Balaban J connectivity index is 0.000000636. The number of aromatic nitrogens is 1. The molecule has 1 aliphatic heterocycles. The van der Waals surface area contributed by atoms with E-state index >= 15 is 0 Å². The molecular formula is C16H19BrN2OS. The number of halogens is 1. The predicted molar refractivity (Wildman–Crippen MR) is 90.9 cm³/mol. The van der Waals surface area contributed by atoms with E-state index in [1.165, 1.54) is 35.6 Å². The lowest BCUT2D eigenvalue weighted by atomic mass is 10.0. The number of hydrogen-bond acceptors (Lipinski definition) is 4. The second-order valence-corrected chi connectivity index (χ2v) is 8.05. The minimum Gasteiger partial charge on any atom is -0.307 e. The highest BCUT2D eigenvalue weighted by molar-refractivity contribution is 9.10. The Kier molecular flexibility index (Phi) is 4.43. The van der Waals surface area contributed by atoms with Gasteiger partial charge in [-0.15, -0.1) is 11.3 Å². The van der Waals surface area contributed by atoms with Crippen molar-refractivity contribution < 1.29 is 4.79 Å². The Morgan fingerprint density at radius 3 is 2.62 bits per heavy atom. The molecule has 112 valence electrons. The van der Waals surface area contributed by atoms with Crippen LogP contribution in [0, 0.1) is 11.8 Å². The van der Waals surface area contributed by atoms with E-state index < -0.39 is 0 Å². The van der Waals surface area contributed by atoms with E-state index in [-0.39, 0.29) is 0 Å². The van der Waals surface area contributed by atoms with Crippen LogP contribution in [0.4, 0.5) is 0 Å². The first-order chi connectivity index (χ1) is 10.2. The van der Waals surface area contributed by atoms with Crippen LogP contribution in [0.25, 0.3) is 10.2 Å². The third kappa shape index (κ3) is 2.91. The fraction of sp³-hybridized carbons (Fsp3) is 0.500. The van der Waals surface area contributed by atoms with Gasteiger partial charge in [-0.2, -0.15) is 0 Å². The van der Waals surface area contributed by atoms with Gasteiger partial charge in [-0.05, 0) is 49.9 Å². The Bertz CT molecular complexity index is 630. The molecule has 3 atom stereocenters. The largest absolute Gasteiger partial charge is 0.307 e. The summed E-state index contributed by atoms with van der Waals surface area (Å²) in [7, 11) is 2.25.